The summed E-state index contributed by atoms with van der Waals surface area (Å²) in [6, 6.07) is 7.75. The fourth-order valence-electron chi connectivity index (χ4n) is 3.25. The Morgan fingerprint density at radius 2 is 1.85 bits per heavy atom. The first-order valence-corrected chi connectivity index (χ1v) is 8.11. The molecule has 0 radical (unpaired) electrons. The van der Waals surface area contributed by atoms with Gasteiger partial charge in [-0.05, 0) is 31.4 Å². The highest BCUT2D eigenvalue weighted by Gasteiger charge is 2.39. The van der Waals surface area contributed by atoms with E-state index in [-0.39, 0.29) is 5.60 Å². The van der Waals surface area contributed by atoms with E-state index < -0.39 is 6.10 Å². The second kappa shape index (κ2) is 7.44. The lowest BCUT2D eigenvalue weighted by molar-refractivity contribution is -0.128. The number of benzene rings is 1. The van der Waals surface area contributed by atoms with E-state index in [1.807, 2.05) is 31.2 Å². The molecule has 0 bridgehead atoms. The summed E-state index contributed by atoms with van der Waals surface area (Å²) in [4.78, 5) is 0. The molecule has 0 aliphatic heterocycles. The van der Waals surface area contributed by atoms with Gasteiger partial charge in [-0.15, -0.1) is 0 Å². The predicted molar refractivity (Wildman–Crippen MR) is 83.2 cm³/mol. The third-order valence-corrected chi connectivity index (χ3v) is 4.73. The lowest BCUT2D eigenvalue weighted by atomic mass is 9.84. The van der Waals surface area contributed by atoms with E-state index in [4.69, 9.17) is 16.3 Å². The Morgan fingerprint density at radius 3 is 2.45 bits per heavy atom. The molecular weight excluding hydrogens is 272 g/mol. The molecule has 1 unspecified atom stereocenters. The van der Waals surface area contributed by atoms with Crippen molar-refractivity contribution in [3.8, 4) is 0 Å². The summed E-state index contributed by atoms with van der Waals surface area (Å²) >= 11 is 6.21. The molecular formula is C17H25ClO2. The Morgan fingerprint density at radius 1 is 1.20 bits per heavy atom. The van der Waals surface area contributed by atoms with E-state index in [2.05, 4.69) is 0 Å². The molecule has 20 heavy (non-hydrogen) atoms. The van der Waals surface area contributed by atoms with E-state index in [0.29, 0.717) is 13.0 Å². The van der Waals surface area contributed by atoms with Gasteiger partial charge in [0.2, 0.25) is 0 Å². The van der Waals surface area contributed by atoms with Crippen LogP contribution in [-0.4, -0.2) is 23.4 Å². The second-order valence-electron chi connectivity index (χ2n) is 5.72. The van der Waals surface area contributed by atoms with Crippen LogP contribution in [0.5, 0.6) is 0 Å². The first kappa shape index (κ1) is 15.8. The minimum absolute atomic E-state index is 0.385. The van der Waals surface area contributed by atoms with Gasteiger partial charge < -0.3 is 9.84 Å². The number of halogens is 1. The molecule has 0 spiro atoms. The minimum atomic E-state index is -0.486. The monoisotopic (exact) mass is 296 g/mol. The third-order valence-electron chi connectivity index (χ3n) is 4.36. The van der Waals surface area contributed by atoms with Gasteiger partial charge in [-0.1, -0.05) is 55.5 Å². The van der Waals surface area contributed by atoms with E-state index in [1.165, 1.54) is 12.8 Å². The molecule has 1 N–H and O–H groups in total. The Balaban J connectivity index is 2.14. The van der Waals surface area contributed by atoms with E-state index in [9.17, 15) is 5.11 Å². The van der Waals surface area contributed by atoms with E-state index >= 15 is 0 Å². The fraction of sp³-hybridized carbons (Fsp3) is 0.647. The van der Waals surface area contributed by atoms with Crippen LogP contribution in [0.3, 0.4) is 0 Å². The highest BCUT2D eigenvalue weighted by Crippen LogP contribution is 2.35. The largest absolute Gasteiger partial charge is 0.390 e. The van der Waals surface area contributed by atoms with Crippen LogP contribution in [-0.2, 0) is 11.2 Å². The number of aliphatic hydroxyl groups excluding tert-OH is 1. The van der Waals surface area contributed by atoms with Crippen LogP contribution < -0.4 is 0 Å². The fourth-order valence-corrected chi connectivity index (χ4v) is 3.46. The van der Waals surface area contributed by atoms with Crippen molar-refractivity contribution >= 4 is 11.6 Å². The maximum absolute atomic E-state index is 10.8. The topological polar surface area (TPSA) is 29.5 Å². The molecule has 2 nitrogen and oxygen atoms in total. The lowest BCUT2D eigenvalue weighted by Crippen LogP contribution is -2.46. The van der Waals surface area contributed by atoms with Crippen LogP contribution in [0, 0.1) is 0 Å². The maximum atomic E-state index is 10.8. The smallest absolute Gasteiger partial charge is 0.0943 e. The van der Waals surface area contributed by atoms with Crippen LogP contribution in [0.25, 0.3) is 0 Å². The van der Waals surface area contributed by atoms with Gasteiger partial charge in [0.1, 0.15) is 0 Å². The first-order valence-electron chi connectivity index (χ1n) is 7.73. The summed E-state index contributed by atoms with van der Waals surface area (Å²) in [5.74, 6) is 0. The van der Waals surface area contributed by atoms with Gasteiger partial charge in [0.25, 0.3) is 0 Å². The number of aliphatic hydroxyl groups is 1. The van der Waals surface area contributed by atoms with Crippen LogP contribution in [0.2, 0.25) is 5.02 Å². The standard InChI is InChI=1S/C17H25ClO2/c1-2-20-17(11-7-3-4-8-12-17)16(19)13-14-9-5-6-10-15(14)18/h5-6,9-10,16,19H,2-4,7-8,11-13H2,1H3. The van der Waals surface area contributed by atoms with Gasteiger partial charge in [-0.25, -0.2) is 0 Å². The summed E-state index contributed by atoms with van der Waals surface area (Å²) in [5.41, 5.74) is 0.620. The van der Waals surface area contributed by atoms with Crippen LogP contribution in [0.1, 0.15) is 51.0 Å². The Hall–Kier alpha value is -0.570. The number of hydrogen-bond acceptors (Lipinski definition) is 2. The zero-order valence-electron chi connectivity index (χ0n) is 12.3. The number of ether oxygens (including phenoxy) is 1. The molecule has 1 aliphatic rings. The van der Waals surface area contributed by atoms with E-state index in [1.54, 1.807) is 0 Å². The van der Waals surface area contributed by atoms with Crippen molar-refractivity contribution in [1.82, 2.24) is 0 Å². The highest BCUT2D eigenvalue weighted by atomic mass is 35.5. The zero-order chi connectivity index (χ0) is 14.4. The highest BCUT2D eigenvalue weighted by molar-refractivity contribution is 6.31. The number of hydrogen-bond donors (Lipinski definition) is 1. The molecule has 0 heterocycles. The summed E-state index contributed by atoms with van der Waals surface area (Å²) < 4.78 is 6.03. The predicted octanol–water partition coefficient (Wildman–Crippen LogP) is 4.37. The zero-order valence-corrected chi connectivity index (χ0v) is 13.0. The Kier molecular flexibility index (Phi) is 5.88. The van der Waals surface area contributed by atoms with Gasteiger partial charge in [0.15, 0.2) is 0 Å². The SMILES string of the molecule is CCOC1(C(O)Cc2ccccc2Cl)CCCCCC1. The first-order chi connectivity index (χ1) is 9.68. The van der Waals surface area contributed by atoms with Crippen molar-refractivity contribution in [2.75, 3.05) is 6.61 Å². The molecule has 3 heteroatoms. The molecule has 1 aliphatic carbocycles. The minimum Gasteiger partial charge on any atom is -0.390 e. The summed E-state index contributed by atoms with van der Waals surface area (Å²) in [5, 5.41) is 11.5. The normalized spacial score (nSPS) is 20.4. The summed E-state index contributed by atoms with van der Waals surface area (Å²) in [7, 11) is 0. The Labute approximate surface area is 127 Å². The molecule has 0 amide bonds. The summed E-state index contributed by atoms with van der Waals surface area (Å²) in [6.45, 7) is 2.66. The van der Waals surface area contributed by atoms with Crippen molar-refractivity contribution in [2.24, 2.45) is 0 Å². The molecule has 1 atom stereocenters. The number of rotatable bonds is 5. The second-order valence-corrected chi connectivity index (χ2v) is 6.13. The molecule has 0 aromatic heterocycles. The average molecular weight is 297 g/mol. The summed E-state index contributed by atoms with van der Waals surface area (Å²) in [6.07, 6.45) is 6.75. The van der Waals surface area contributed by atoms with Crippen molar-refractivity contribution in [1.29, 1.82) is 0 Å². The molecule has 1 saturated carbocycles. The van der Waals surface area contributed by atoms with Gasteiger partial charge in [-0.3, -0.25) is 0 Å². The molecule has 1 aromatic rings. The lowest BCUT2D eigenvalue weighted by Gasteiger charge is -2.37. The van der Waals surface area contributed by atoms with Crippen molar-refractivity contribution in [3.05, 3.63) is 34.9 Å². The molecule has 1 aromatic carbocycles. The van der Waals surface area contributed by atoms with Gasteiger partial charge in [0.05, 0.1) is 11.7 Å². The molecule has 1 fully saturated rings. The van der Waals surface area contributed by atoms with Gasteiger partial charge in [-0.2, -0.15) is 0 Å². The van der Waals surface area contributed by atoms with Crippen LogP contribution in [0.4, 0.5) is 0 Å². The average Bonchev–Trinajstić information content (AvgIpc) is 2.68. The van der Waals surface area contributed by atoms with E-state index in [0.717, 1.165) is 36.3 Å². The molecule has 0 saturated heterocycles. The Bertz CT molecular complexity index is 411. The maximum Gasteiger partial charge on any atom is 0.0943 e. The van der Waals surface area contributed by atoms with Crippen molar-refractivity contribution in [3.63, 3.8) is 0 Å². The quantitative estimate of drug-likeness (QED) is 0.818. The third kappa shape index (κ3) is 3.75. The van der Waals surface area contributed by atoms with Crippen LogP contribution in [0.15, 0.2) is 24.3 Å². The van der Waals surface area contributed by atoms with Crippen molar-refractivity contribution in [2.45, 2.75) is 63.6 Å². The molecule has 112 valence electrons. The van der Waals surface area contributed by atoms with Gasteiger partial charge in [0, 0.05) is 18.1 Å². The van der Waals surface area contributed by atoms with Gasteiger partial charge >= 0.3 is 0 Å². The van der Waals surface area contributed by atoms with Crippen molar-refractivity contribution < 1.29 is 9.84 Å². The van der Waals surface area contributed by atoms with Crippen LogP contribution >= 0.6 is 11.6 Å². The molecule has 2 rings (SSSR count).